The summed E-state index contributed by atoms with van der Waals surface area (Å²) in [6, 6.07) is 4.50. The molecule has 0 unspecified atom stereocenters. The molecule has 0 radical (unpaired) electrons. The molecule has 2 aromatic rings. The van der Waals surface area contributed by atoms with Crippen molar-refractivity contribution < 1.29 is 13.2 Å². The maximum absolute atomic E-state index is 12.3. The van der Waals surface area contributed by atoms with E-state index < -0.39 is 10.0 Å². The van der Waals surface area contributed by atoms with Gasteiger partial charge in [0.15, 0.2) is 0 Å². The van der Waals surface area contributed by atoms with Crippen molar-refractivity contribution in [3.8, 4) is 5.88 Å². The van der Waals surface area contributed by atoms with Gasteiger partial charge in [-0.3, -0.25) is 4.72 Å². The molecule has 9 heteroatoms. The number of hydrogen-bond donors (Lipinski definition) is 1. The molecule has 2 heterocycles. The minimum atomic E-state index is -3.85. The van der Waals surface area contributed by atoms with Crippen LogP contribution < -0.4 is 9.46 Å². The third kappa shape index (κ3) is 4.05. The molecule has 0 fully saturated rings. The van der Waals surface area contributed by atoms with Gasteiger partial charge in [-0.05, 0) is 35.0 Å². The van der Waals surface area contributed by atoms with Crippen LogP contribution in [0.4, 0.5) is 5.69 Å². The molecule has 0 aliphatic carbocycles. The molecule has 0 aromatic carbocycles. The fourth-order valence-electron chi connectivity index (χ4n) is 1.48. The maximum atomic E-state index is 12.3. The van der Waals surface area contributed by atoms with E-state index in [9.17, 15) is 8.42 Å². The van der Waals surface area contributed by atoms with Crippen molar-refractivity contribution in [3.63, 3.8) is 0 Å². The van der Waals surface area contributed by atoms with Crippen LogP contribution in [0.5, 0.6) is 5.88 Å². The molecule has 2 rings (SSSR count). The Kier molecular flexibility index (Phi) is 5.02. The highest BCUT2D eigenvalue weighted by Crippen LogP contribution is 2.25. The van der Waals surface area contributed by atoms with Crippen molar-refractivity contribution >= 4 is 43.2 Å². The van der Waals surface area contributed by atoms with Crippen molar-refractivity contribution in [2.24, 2.45) is 0 Å². The molecule has 0 saturated heterocycles. The number of nitrogens with zero attached hydrogens (tertiary/aromatic N) is 2. The van der Waals surface area contributed by atoms with Crippen LogP contribution in [0.1, 0.15) is 6.92 Å². The SMILES string of the molecule is CCOc1ccc(NS(=O)(=O)c2cc(Br)cnc2Cl)cn1. The predicted molar refractivity (Wildman–Crippen MR) is 83.2 cm³/mol. The number of anilines is 1. The Morgan fingerprint density at radius 1 is 1.33 bits per heavy atom. The largest absolute Gasteiger partial charge is 0.478 e. The lowest BCUT2D eigenvalue weighted by Crippen LogP contribution is -2.14. The zero-order valence-corrected chi connectivity index (χ0v) is 14.0. The zero-order valence-electron chi connectivity index (χ0n) is 10.9. The van der Waals surface area contributed by atoms with Crippen LogP contribution in [-0.2, 0) is 10.0 Å². The molecular weight excluding hydrogens is 382 g/mol. The standard InChI is InChI=1S/C12H11BrClN3O3S/c1-2-20-11-4-3-9(7-15-11)17-21(18,19)10-5-8(13)6-16-12(10)14/h3-7,17H,2H2,1H3. The fourth-order valence-corrected chi connectivity index (χ4v) is 3.46. The van der Waals surface area contributed by atoms with Gasteiger partial charge in [0.2, 0.25) is 5.88 Å². The number of nitrogens with one attached hydrogen (secondary N) is 1. The fraction of sp³-hybridized carbons (Fsp3) is 0.167. The van der Waals surface area contributed by atoms with E-state index in [1.165, 1.54) is 18.5 Å². The van der Waals surface area contributed by atoms with E-state index >= 15 is 0 Å². The highest BCUT2D eigenvalue weighted by molar-refractivity contribution is 9.10. The third-order valence-electron chi connectivity index (χ3n) is 2.34. The summed E-state index contributed by atoms with van der Waals surface area (Å²) >= 11 is 8.99. The first-order chi connectivity index (χ1) is 9.92. The van der Waals surface area contributed by atoms with Crippen LogP contribution in [-0.4, -0.2) is 25.0 Å². The van der Waals surface area contributed by atoms with Crippen LogP contribution in [0.2, 0.25) is 5.15 Å². The van der Waals surface area contributed by atoms with E-state index in [1.807, 2.05) is 6.92 Å². The summed E-state index contributed by atoms with van der Waals surface area (Å²) in [6.07, 6.45) is 2.78. The van der Waals surface area contributed by atoms with Crippen molar-refractivity contribution in [1.82, 2.24) is 9.97 Å². The topological polar surface area (TPSA) is 81.2 Å². The summed E-state index contributed by atoms with van der Waals surface area (Å²) in [6.45, 7) is 2.32. The summed E-state index contributed by atoms with van der Waals surface area (Å²) in [5.74, 6) is 0.419. The van der Waals surface area contributed by atoms with Crippen molar-refractivity contribution in [1.29, 1.82) is 0 Å². The number of ether oxygens (including phenoxy) is 1. The second-order valence-electron chi connectivity index (χ2n) is 3.87. The van der Waals surface area contributed by atoms with Crippen molar-refractivity contribution in [3.05, 3.63) is 40.2 Å². The number of pyridine rings is 2. The summed E-state index contributed by atoms with van der Waals surface area (Å²) in [5.41, 5.74) is 0.300. The average molecular weight is 393 g/mol. The summed E-state index contributed by atoms with van der Waals surface area (Å²) < 4.78 is 32.6. The van der Waals surface area contributed by atoms with Gasteiger partial charge in [-0.1, -0.05) is 11.6 Å². The second-order valence-corrected chi connectivity index (χ2v) is 6.79. The molecule has 0 bridgehead atoms. The summed E-state index contributed by atoms with van der Waals surface area (Å²) in [4.78, 5) is 7.65. The van der Waals surface area contributed by atoms with Gasteiger partial charge >= 0.3 is 0 Å². The van der Waals surface area contributed by atoms with E-state index in [2.05, 4.69) is 30.6 Å². The van der Waals surface area contributed by atoms with Gasteiger partial charge in [-0.15, -0.1) is 0 Å². The molecule has 0 amide bonds. The summed E-state index contributed by atoms with van der Waals surface area (Å²) in [7, 11) is -3.85. The highest BCUT2D eigenvalue weighted by atomic mass is 79.9. The van der Waals surface area contributed by atoms with E-state index in [-0.39, 0.29) is 10.0 Å². The number of rotatable bonds is 5. The Bertz CT molecular complexity index is 738. The molecule has 6 nitrogen and oxygen atoms in total. The molecule has 1 N–H and O–H groups in total. The normalized spacial score (nSPS) is 11.2. The minimum Gasteiger partial charge on any atom is -0.478 e. The minimum absolute atomic E-state index is 0.107. The molecule has 0 saturated carbocycles. The smallest absolute Gasteiger partial charge is 0.265 e. The lowest BCUT2D eigenvalue weighted by atomic mass is 10.4. The van der Waals surface area contributed by atoms with Crippen LogP contribution in [0.3, 0.4) is 0 Å². The quantitative estimate of drug-likeness (QED) is 0.791. The Labute approximate surface area is 135 Å². The Hall–Kier alpha value is -1.38. The third-order valence-corrected chi connectivity index (χ3v) is 4.59. The first kappa shape index (κ1) is 16.0. The predicted octanol–water partition coefficient (Wildman–Crippen LogP) is 3.09. The van der Waals surface area contributed by atoms with Gasteiger partial charge in [0.25, 0.3) is 10.0 Å². The monoisotopic (exact) mass is 391 g/mol. The van der Waals surface area contributed by atoms with Gasteiger partial charge in [-0.25, -0.2) is 18.4 Å². The lowest BCUT2D eigenvalue weighted by Gasteiger charge is -2.09. The first-order valence-corrected chi connectivity index (χ1v) is 8.50. The number of halogens is 2. The molecule has 0 aliphatic heterocycles. The Balaban J connectivity index is 2.26. The lowest BCUT2D eigenvalue weighted by molar-refractivity contribution is 0.327. The molecule has 0 spiro atoms. The average Bonchev–Trinajstić information content (AvgIpc) is 2.43. The van der Waals surface area contributed by atoms with Crippen LogP contribution in [0.25, 0.3) is 0 Å². The number of hydrogen-bond acceptors (Lipinski definition) is 5. The van der Waals surface area contributed by atoms with Gasteiger partial charge in [0, 0.05) is 16.7 Å². The molecule has 0 atom stereocenters. The van der Waals surface area contributed by atoms with Crippen LogP contribution in [0, 0.1) is 0 Å². The van der Waals surface area contributed by atoms with Crippen LogP contribution in [0.15, 0.2) is 40.0 Å². The first-order valence-electron chi connectivity index (χ1n) is 5.85. The van der Waals surface area contributed by atoms with Crippen molar-refractivity contribution in [2.75, 3.05) is 11.3 Å². The molecule has 0 aliphatic rings. The van der Waals surface area contributed by atoms with Gasteiger partial charge in [0.05, 0.1) is 18.5 Å². The van der Waals surface area contributed by atoms with E-state index in [0.29, 0.717) is 22.6 Å². The van der Waals surface area contributed by atoms with E-state index in [4.69, 9.17) is 16.3 Å². The van der Waals surface area contributed by atoms with Gasteiger partial charge in [0.1, 0.15) is 10.0 Å². The Morgan fingerprint density at radius 3 is 2.71 bits per heavy atom. The zero-order chi connectivity index (χ0) is 15.5. The van der Waals surface area contributed by atoms with Crippen LogP contribution >= 0.6 is 27.5 Å². The molecule has 112 valence electrons. The van der Waals surface area contributed by atoms with E-state index in [1.54, 1.807) is 12.1 Å². The number of aromatic nitrogens is 2. The molecular formula is C12H11BrClN3O3S. The Morgan fingerprint density at radius 2 is 2.10 bits per heavy atom. The number of sulfonamides is 1. The second kappa shape index (κ2) is 6.59. The molecule has 2 aromatic heterocycles. The molecule has 21 heavy (non-hydrogen) atoms. The van der Waals surface area contributed by atoms with E-state index in [0.717, 1.165) is 0 Å². The highest BCUT2D eigenvalue weighted by Gasteiger charge is 2.19. The summed E-state index contributed by atoms with van der Waals surface area (Å²) in [5, 5.41) is -0.107. The van der Waals surface area contributed by atoms with Gasteiger partial charge < -0.3 is 4.74 Å². The maximum Gasteiger partial charge on any atom is 0.265 e. The van der Waals surface area contributed by atoms with Gasteiger partial charge in [-0.2, -0.15) is 0 Å². The van der Waals surface area contributed by atoms with Crippen molar-refractivity contribution in [2.45, 2.75) is 11.8 Å².